The molecular weight excluding hydrogens is 680 g/mol. The van der Waals surface area contributed by atoms with Crippen LogP contribution in [-0.2, 0) is 26.2 Å². The monoisotopic (exact) mass is 740 g/mol. The van der Waals surface area contributed by atoms with Gasteiger partial charge >= 0.3 is 5.69 Å². The molecule has 3 aromatic rings. The zero-order valence-electron chi connectivity index (χ0n) is 32.8. The zero-order chi connectivity index (χ0) is 39.2. The zero-order valence-corrected chi connectivity index (χ0v) is 32.8. The number of hydrogen-bond donors (Lipinski definition) is 0. The molecule has 2 aromatic carbocycles. The standard InChI is InChI=1S/C39H60N6O8/c1-8-44(9-2,29-32-18-20-34(52-6)27-36(32)42(48)49)24-16-12-14-22-40-31(5)26-38(46)41(39(40)47)23-15-13-17-25-45(10-3,11-4)30-33-19-21-35(53-7)28-37(33)43(50)51/h18-21,26-28H,8-17,22-25,29-30H2,1-7H3/q+2. The van der Waals surface area contributed by atoms with E-state index >= 15 is 0 Å². The maximum Gasteiger partial charge on any atom is 0.331 e. The van der Waals surface area contributed by atoms with Crippen molar-refractivity contribution in [3.05, 3.63) is 100 Å². The van der Waals surface area contributed by atoms with Crippen LogP contribution in [0.2, 0.25) is 0 Å². The largest absolute Gasteiger partial charge is 0.497 e. The number of quaternary nitrogens is 2. The number of aryl methyl sites for hydroxylation is 1. The number of hydrogen-bond acceptors (Lipinski definition) is 8. The molecule has 0 aliphatic rings. The van der Waals surface area contributed by atoms with Crippen molar-refractivity contribution in [2.45, 2.75) is 99.3 Å². The predicted molar refractivity (Wildman–Crippen MR) is 207 cm³/mol. The first-order valence-electron chi connectivity index (χ1n) is 19.0. The molecule has 53 heavy (non-hydrogen) atoms. The Labute approximate surface area is 313 Å². The van der Waals surface area contributed by atoms with Gasteiger partial charge in [0.25, 0.3) is 16.9 Å². The van der Waals surface area contributed by atoms with E-state index in [1.165, 1.54) is 37.0 Å². The van der Waals surface area contributed by atoms with Crippen molar-refractivity contribution < 1.29 is 28.3 Å². The lowest BCUT2D eigenvalue weighted by molar-refractivity contribution is -0.938. The van der Waals surface area contributed by atoms with Crippen LogP contribution in [0.4, 0.5) is 11.4 Å². The Morgan fingerprint density at radius 2 is 1.04 bits per heavy atom. The van der Waals surface area contributed by atoms with Gasteiger partial charge in [-0.1, -0.05) is 0 Å². The lowest BCUT2D eigenvalue weighted by atomic mass is 10.1. The van der Waals surface area contributed by atoms with Crippen LogP contribution >= 0.6 is 0 Å². The fraction of sp³-hybridized carbons (Fsp3) is 0.590. The third-order valence-corrected chi connectivity index (χ3v) is 11.2. The maximum atomic E-state index is 13.5. The van der Waals surface area contributed by atoms with Gasteiger partial charge in [-0.15, -0.1) is 0 Å². The van der Waals surface area contributed by atoms with Crippen molar-refractivity contribution in [1.29, 1.82) is 0 Å². The molecule has 14 heteroatoms. The Hall–Kier alpha value is -4.56. The number of benzene rings is 2. The highest BCUT2D eigenvalue weighted by atomic mass is 16.6. The Morgan fingerprint density at radius 3 is 1.42 bits per heavy atom. The van der Waals surface area contributed by atoms with Crippen LogP contribution < -0.4 is 20.7 Å². The molecule has 0 aliphatic carbocycles. The number of methoxy groups -OCH3 is 2. The van der Waals surface area contributed by atoms with Gasteiger partial charge in [-0.2, -0.15) is 0 Å². The first kappa shape index (κ1) is 42.8. The molecule has 0 saturated carbocycles. The number of unbranched alkanes of at least 4 members (excludes halogenated alkanes) is 4. The SMILES string of the molecule is CC[N+](CC)(CCCCCn1c(C)cc(=O)n(CCCCC[N+](CC)(CC)Cc2ccc(OC)cc2[N+](=O)[O-])c1=O)Cc1ccc(OC)cc1[N+](=O)[O-]. The number of nitro groups is 2. The molecule has 0 fully saturated rings. The van der Waals surface area contributed by atoms with E-state index in [2.05, 4.69) is 27.7 Å². The van der Waals surface area contributed by atoms with E-state index in [-0.39, 0.29) is 32.5 Å². The molecule has 0 amide bonds. The van der Waals surface area contributed by atoms with Crippen LogP contribution in [0.1, 0.15) is 83.0 Å². The van der Waals surface area contributed by atoms with Gasteiger partial charge in [0.05, 0.1) is 86.6 Å². The molecule has 0 aliphatic heterocycles. The highest BCUT2D eigenvalue weighted by molar-refractivity contribution is 5.46. The second kappa shape index (κ2) is 20.0. The molecular formula is C39H60N6O8+2. The quantitative estimate of drug-likeness (QED) is 0.0432. The fourth-order valence-electron chi connectivity index (χ4n) is 7.35. The molecule has 292 valence electrons. The van der Waals surface area contributed by atoms with Crippen molar-refractivity contribution in [2.24, 2.45) is 0 Å². The molecule has 0 bridgehead atoms. The molecule has 1 heterocycles. The van der Waals surface area contributed by atoms with Crippen LogP contribution in [0.25, 0.3) is 0 Å². The van der Waals surface area contributed by atoms with Crippen molar-refractivity contribution in [3.8, 4) is 11.5 Å². The summed E-state index contributed by atoms with van der Waals surface area (Å²) in [5.74, 6) is 0.922. The molecule has 14 nitrogen and oxygen atoms in total. The molecule has 0 atom stereocenters. The van der Waals surface area contributed by atoms with Gasteiger partial charge < -0.3 is 18.4 Å². The molecule has 0 N–H and O–H groups in total. The molecule has 0 unspecified atom stereocenters. The summed E-state index contributed by atoms with van der Waals surface area (Å²) in [6.45, 7) is 17.2. The number of ether oxygens (including phenoxy) is 2. The van der Waals surface area contributed by atoms with E-state index in [1.54, 1.807) is 35.8 Å². The second-order valence-electron chi connectivity index (χ2n) is 14.0. The first-order valence-corrected chi connectivity index (χ1v) is 19.0. The summed E-state index contributed by atoms with van der Waals surface area (Å²) in [6.07, 6.45) is 4.91. The average Bonchev–Trinajstić information content (AvgIpc) is 3.15. The van der Waals surface area contributed by atoms with E-state index < -0.39 is 0 Å². The number of rotatable bonds is 24. The Balaban J connectivity index is 1.58. The summed E-state index contributed by atoms with van der Waals surface area (Å²) in [4.78, 5) is 49.3. The molecule has 0 spiro atoms. The number of aromatic nitrogens is 2. The van der Waals surface area contributed by atoms with Crippen molar-refractivity contribution >= 4 is 11.4 Å². The first-order chi connectivity index (χ1) is 25.3. The third-order valence-electron chi connectivity index (χ3n) is 11.2. The lowest BCUT2D eigenvalue weighted by Crippen LogP contribution is -2.47. The van der Waals surface area contributed by atoms with Crippen molar-refractivity contribution in [2.75, 3.05) is 53.5 Å². The van der Waals surface area contributed by atoms with Crippen LogP contribution in [0, 0.1) is 27.2 Å². The molecule has 0 radical (unpaired) electrons. The van der Waals surface area contributed by atoms with Crippen LogP contribution in [0.5, 0.6) is 11.5 Å². The average molecular weight is 741 g/mol. The Bertz CT molecular complexity index is 1800. The number of nitrogens with zero attached hydrogens (tertiary/aromatic N) is 6. The third kappa shape index (κ3) is 11.2. The van der Waals surface area contributed by atoms with Gasteiger partial charge in [-0.25, -0.2) is 4.79 Å². The van der Waals surface area contributed by atoms with E-state index in [0.29, 0.717) is 65.4 Å². The normalized spacial score (nSPS) is 11.8. The highest BCUT2D eigenvalue weighted by Crippen LogP contribution is 2.30. The predicted octanol–water partition coefficient (Wildman–Crippen LogP) is 6.61. The van der Waals surface area contributed by atoms with E-state index in [0.717, 1.165) is 75.9 Å². The molecule has 3 rings (SSSR count). The van der Waals surface area contributed by atoms with Gasteiger partial charge in [0.2, 0.25) is 0 Å². The minimum absolute atomic E-state index is 0.0657. The van der Waals surface area contributed by atoms with E-state index in [9.17, 15) is 29.8 Å². The van der Waals surface area contributed by atoms with Gasteiger partial charge in [-0.3, -0.25) is 34.2 Å². The summed E-state index contributed by atoms with van der Waals surface area (Å²) in [5, 5.41) is 23.6. The van der Waals surface area contributed by atoms with E-state index in [1.807, 2.05) is 0 Å². The second-order valence-corrected chi connectivity index (χ2v) is 14.0. The minimum Gasteiger partial charge on any atom is -0.497 e. The smallest absolute Gasteiger partial charge is 0.331 e. The maximum absolute atomic E-state index is 13.5. The van der Waals surface area contributed by atoms with Gasteiger partial charge in [-0.05, 0) is 97.4 Å². The van der Waals surface area contributed by atoms with Crippen molar-refractivity contribution in [1.82, 2.24) is 9.13 Å². The Morgan fingerprint density at radius 1 is 0.623 bits per heavy atom. The summed E-state index contributed by atoms with van der Waals surface area (Å²) in [7, 11) is 2.99. The molecule has 1 aromatic heterocycles. The van der Waals surface area contributed by atoms with Gasteiger partial charge in [0, 0.05) is 24.8 Å². The summed E-state index contributed by atoms with van der Waals surface area (Å²) < 4.78 is 14.9. The molecule has 0 saturated heterocycles. The van der Waals surface area contributed by atoms with Gasteiger partial charge in [0.15, 0.2) is 0 Å². The highest BCUT2D eigenvalue weighted by Gasteiger charge is 2.29. The fourth-order valence-corrected chi connectivity index (χ4v) is 7.35. The topological polar surface area (TPSA) is 149 Å². The lowest BCUT2D eigenvalue weighted by Gasteiger charge is -2.37. The number of nitro benzene ring substituents is 2. The minimum atomic E-state index is -0.352. The summed E-state index contributed by atoms with van der Waals surface area (Å²) in [5.41, 5.74) is 1.59. The van der Waals surface area contributed by atoms with Crippen molar-refractivity contribution in [3.63, 3.8) is 0 Å². The van der Waals surface area contributed by atoms with Crippen LogP contribution in [0.15, 0.2) is 52.1 Å². The summed E-state index contributed by atoms with van der Waals surface area (Å²) in [6, 6.07) is 11.6. The van der Waals surface area contributed by atoms with Crippen LogP contribution in [-0.4, -0.2) is 81.4 Å². The summed E-state index contributed by atoms with van der Waals surface area (Å²) >= 11 is 0. The van der Waals surface area contributed by atoms with Crippen LogP contribution in [0.3, 0.4) is 0 Å². The van der Waals surface area contributed by atoms with E-state index in [4.69, 9.17) is 9.47 Å². The Kier molecular flexibility index (Phi) is 16.2. The van der Waals surface area contributed by atoms with Gasteiger partial charge in [0.1, 0.15) is 24.6 Å².